The molecule has 198 valence electrons. The summed E-state index contributed by atoms with van der Waals surface area (Å²) in [5, 5.41) is 3.33. The van der Waals surface area contributed by atoms with Crippen molar-refractivity contribution in [3.8, 4) is 5.75 Å². The zero-order valence-corrected chi connectivity index (χ0v) is 23.7. The first-order valence-corrected chi connectivity index (χ1v) is 13.9. The minimum absolute atomic E-state index is 0.0951. The van der Waals surface area contributed by atoms with Gasteiger partial charge in [-0.3, -0.25) is 13.9 Å². The van der Waals surface area contributed by atoms with Gasteiger partial charge in [0.25, 0.3) is 0 Å². The molecule has 0 aliphatic heterocycles. The number of carbonyl (C=O) groups excluding carboxylic acids is 2. The van der Waals surface area contributed by atoms with Crippen LogP contribution in [-0.4, -0.2) is 56.6 Å². The number of nitrogens with one attached hydrogen (secondary N) is 1. The number of benzene rings is 2. The number of hydrogen-bond donors (Lipinski definition) is 1. The highest BCUT2D eigenvalue weighted by Crippen LogP contribution is 2.29. The lowest BCUT2D eigenvalue weighted by atomic mass is 10.1. The summed E-state index contributed by atoms with van der Waals surface area (Å²) < 4.78 is 31.5. The number of hydrogen-bond acceptors (Lipinski definition) is 5. The van der Waals surface area contributed by atoms with Crippen molar-refractivity contribution in [2.24, 2.45) is 0 Å². The molecule has 2 aromatic carbocycles. The zero-order chi connectivity index (χ0) is 27.3. The van der Waals surface area contributed by atoms with Crippen LogP contribution in [0.15, 0.2) is 42.5 Å². The first-order valence-electron chi connectivity index (χ1n) is 11.3. The lowest BCUT2D eigenvalue weighted by molar-refractivity contribution is -0.141. The monoisotopic (exact) mass is 557 g/mol. The average Bonchev–Trinajstić information content (AvgIpc) is 2.77. The summed E-state index contributed by atoms with van der Waals surface area (Å²) >= 11 is 12.1. The molecule has 11 heteroatoms. The normalized spacial score (nSPS) is 12.6. The predicted molar refractivity (Wildman–Crippen MR) is 144 cm³/mol. The van der Waals surface area contributed by atoms with Gasteiger partial charge in [0.1, 0.15) is 18.3 Å². The molecule has 0 saturated carbocycles. The van der Waals surface area contributed by atoms with Crippen molar-refractivity contribution in [3.05, 3.63) is 58.1 Å². The highest BCUT2D eigenvalue weighted by molar-refractivity contribution is 7.92. The molecule has 2 aromatic rings. The standard InChI is InChI=1S/C25H33Cl2N3O5S/c1-7-22(24(32)28-25(2,3)4)29(15-17-8-11-19(35-5)12-9-17)23(31)16-30(36(6,33)34)18-10-13-20(26)21(27)14-18/h8-14,22H,7,15-16H2,1-6H3,(H,28,32)/t22-/m0/s1. The lowest BCUT2D eigenvalue weighted by Crippen LogP contribution is -2.55. The van der Waals surface area contributed by atoms with Crippen LogP contribution >= 0.6 is 23.2 Å². The second-order valence-electron chi connectivity index (χ2n) is 9.40. The summed E-state index contributed by atoms with van der Waals surface area (Å²) in [4.78, 5) is 28.3. The van der Waals surface area contributed by atoms with Gasteiger partial charge in [0.15, 0.2) is 0 Å². The van der Waals surface area contributed by atoms with E-state index in [1.807, 2.05) is 20.8 Å². The van der Waals surface area contributed by atoms with Crippen LogP contribution in [0.1, 0.15) is 39.7 Å². The van der Waals surface area contributed by atoms with Crippen LogP contribution in [0.25, 0.3) is 0 Å². The summed E-state index contributed by atoms with van der Waals surface area (Å²) in [7, 11) is -2.32. The third-order valence-electron chi connectivity index (χ3n) is 5.27. The first-order chi connectivity index (χ1) is 16.7. The maximum atomic E-state index is 13.7. The molecule has 36 heavy (non-hydrogen) atoms. The highest BCUT2D eigenvalue weighted by atomic mass is 35.5. The number of anilines is 1. The maximum absolute atomic E-state index is 13.7. The number of rotatable bonds is 10. The van der Waals surface area contributed by atoms with Gasteiger partial charge in [-0.1, -0.05) is 42.3 Å². The van der Waals surface area contributed by atoms with E-state index in [0.717, 1.165) is 16.1 Å². The molecule has 0 heterocycles. The summed E-state index contributed by atoms with van der Waals surface area (Å²) in [5.74, 6) is -0.220. The zero-order valence-electron chi connectivity index (χ0n) is 21.3. The van der Waals surface area contributed by atoms with E-state index in [1.54, 1.807) is 38.3 Å². The van der Waals surface area contributed by atoms with Crippen LogP contribution in [0.5, 0.6) is 5.75 Å². The van der Waals surface area contributed by atoms with Gasteiger partial charge < -0.3 is 15.0 Å². The molecule has 1 atom stereocenters. The van der Waals surface area contributed by atoms with Crippen LogP contribution in [0.2, 0.25) is 10.0 Å². The quantitative estimate of drug-likeness (QED) is 0.464. The topological polar surface area (TPSA) is 96.0 Å². The van der Waals surface area contributed by atoms with Gasteiger partial charge in [-0.25, -0.2) is 8.42 Å². The van der Waals surface area contributed by atoms with Crippen LogP contribution in [0, 0.1) is 0 Å². The molecule has 2 rings (SSSR count). The molecule has 0 unspecified atom stereocenters. The molecule has 0 radical (unpaired) electrons. The Labute approximate surface area is 223 Å². The molecule has 0 fully saturated rings. The molecule has 8 nitrogen and oxygen atoms in total. The van der Waals surface area contributed by atoms with Crippen LogP contribution in [0.3, 0.4) is 0 Å². The maximum Gasteiger partial charge on any atom is 0.244 e. The van der Waals surface area contributed by atoms with E-state index in [-0.39, 0.29) is 28.2 Å². The fourth-order valence-corrected chi connectivity index (χ4v) is 4.69. The van der Waals surface area contributed by atoms with Gasteiger partial charge in [-0.15, -0.1) is 0 Å². The number of halogens is 2. The molecule has 0 aliphatic rings. The van der Waals surface area contributed by atoms with E-state index in [4.69, 9.17) is 27.9 Å². The Morgan fingerprint density at radius 3 is 2.14 bits per heavy atom. The minimum Gasteiger partial charge on any atom is -0.497 e. The van der Waals surface area contributed by atoms with Crippen molar-refractivity contribution in [3.63, 3.8) is 0 Å². The summed E-state index contributed by atoms with van der Waals surface area (Å²) in [6.45, 7) is 6.92. The van der Waals surface area contributed by atoms with Crippen molar-refractivity contribution in [1.29, 1.82) is 0 Å². The lowest BCUT2D eigenvalue weighted by Gasteiger charge is -2.34. The average molecular weight is 559 g/mol. The Hall–Kier alpha value is -2.49. The summed E-state index contributed by atoms with van der Waals surface area (Å²) in [6, 6.07) is 10.6. The third kappa shape index (κ3) is 8.28. The molecule has 1 N–H and O–H groups in total. The van der Waals surface area contributed by atoms with E-state index in [9.17, 15) is 18.0 Å². The van der Waals surface area contributed by atoms with Crippen LogP contribution in [-0.2, 0) is 26.2 Å². The second kappa shape index (κ2) is 12.2. The van der Waals surface area contributed by atoms with Crippen molar-refractivity contribution >= 4 is 50.7 Å². The van der Waals surface area contributed by atoms with Gasteiger partial charge >= 0.3 is 0 Å². The predicted octanol–water partition coefficient (Wildman–Crippen LogP) is 4.49. The summed E-state index contributed by atoms with van der Waals surface area (Å²) in [6.07, 6.45) is 1.33. The van der Waals surface area contributed by atoms with E-state index in [2.05, 4.69) is 5.32 Å². The van der Waals surface area contributed by atoms with E-state index in [0.29, 0.717) is 12.2 Å². The first kappa shape index (κ1) is 29.7. The molecule has 0 saturated heterocycles. The molecular formula is C25H33Cl2N3O5S. The Kier molecular flexibility index (Phi) is 10.0. The fraction of sp³-hybridized carbons (Fsp3) is 0.440. The summed E-state index contributed by atoms with van der Waals surface area (Å²) in [5.41, 5.74) is 0.432. The SMILES string of the molecule is CC[C@@H](C(=O)NC(C)(C)C)N(Cc1ccc(OC)cc1)C(=O)CN(c1ccc(Cl)c(Cl)c1)S(C)(=O)=O. The van der Waals surface area contributed by atoms with Gasteiger partial charge in [0.2, 0.25) is 21.8 Å². The number of amides is 2. The van der Waals surface area contributed by atoms with Gasteiger partial charge in [-0.05, 0) is 63.1 Å². The number of nitrogens with zero attached hydrogens (tertiary/aromatic N) is 2. The number of ether oxygens (including phenoxy) is 1. The van der Waals surface area contributed by atoms with E-state index >= 15 is 0 Å². The van der Waals surface area contributed by atoms with Gasteiger partial charge in [0, 0.05) is 12.1 Å². The minimum atomic E-state index is -3.87. The number of carbonyl (C=O) groups is 2. The second-order valence-corrected chi connectivity index (χ2v) is 12.1. The molecular weight excluding hydrogens is 525 g/mol. The van der Waals surface area contributed by atoms with E-state index in [1.165, 1.54) is 23.1 Å². The van der Waals surface area contributed by atoms with E-state index < -0.39 is 34.1 Å². The molecule has 0 bridgehead atoms. The Morgan fingerprint density at radius 2 is 1.67 bits per heavy atom. The smallest absolute Gasteiger partial charge is 0.244 e. The van der Waals surface area contributed by atoms with Crippen molar-refractivity contribution in [1.82, 2.24) is 10.2 Å². The number of sulfonamides is 1. The third-order valence-corrected chi connectivity index (χ3v) is 7.15. The molecule has 0 aliphatic carbocycles. The number of methoxy groups -OCH3 is 1. The van der Waals surface area contributed by atoms with Gasteiger partial charge in [0.05, 0.1) is 29.1 Å². The van der Waals surface area contributed by atoms with Crippen molar-refractivity contribution < 1.29 is 22.7 Å². The highest BCUT2D eigenvalue weighted by Gasteiger charge is 2.33. The Bertz CT molecular complexity index is 1180. The van der Waals surface area contributed by atoms with Gasteiger partial charge in [-0.2, -0.15) is 0 Å². The fourth-order valence-electron chi connectivity index (χ4n) is 3.55. The van der Waals surface area contributed by atoms with Crippen molar-refractivity contribution in [2.75, 3.05) is 24.2 Å². The van der Waals surface area contributed by atoms with Crippen LogP contribution in [0.4, 0.5) is 5.69 Å². The molecule has 2 amide bonds. The molecule has 0 spiro atoms. The largest absolute Gasteiger partial charge is 0.497 e. The Balaban J connectivity index is 2.47. The van der Waals surface area contributed by atoms with Crippen molar-refractivity contribution in [2.45, 2.75) is 52.2 Å². The van der Waals surface area contributed by atoms with Crippen LogP contribution < -0.4 is 14.4 Å². The molecule has 0 aromatic heterocycles. The Morgan fingerprint density at radius 1 is 1.06 bits per heavy atom.